The highest BCUT2D eigenvalue weighted by atomic mass is 32.2. The number of ether oxygens (including phenoxy) is 2. The van der Waals surface area contributed by atoms with E-state index in [2.05, 4.69) is 39.9 Å². The molecule has 0 unspecified atom stereocenters. The average molecular weight is 455 g/mol. The molecule has 7 heteroatoms. The normalized spacial score (nSPS) is 15.9. The van der Waals surface area contributed by atoms with Crippen molar-refractivity contribution >= 4 is 34.7 Å². The average Bonchev–Trinajstić information content (AvgIpc) is 3.32. The fraction of sp³-hybridized carbons (Fsp3) is 0.292. The SMILES string of the molecule is COc1cc2c(cc1OC)[C@@H](c1cccs1)N(CC(=O)Nc1ccc(SC)cc1)CC2. The summed E-state index contributed by atoms with van der Waals surface area (Å²) in [7, 11) is 3.31. The minimum absolute atomic E-state index is 0.00757. The van der Waals surface area contributed by atoms with Crippen LogP contribution < -0.4 is 14.8 Å². The van der Waals surface area contributed by atoms with E-state index in [1.807, 2.05) is 30.5 Å². The van der Waals surface area contributed by atoms with Gasteiger partial charge in [-0.05, 0) is 71.6 Å². The van der Waals surface area contributed by atoms with Gasteiger partial charge in [0, 0.05) is 22.0 Å². The van der Waals surface area contributed by atoms with Gasteiger partial charge < -0.3 is 14.8 Å². The van der Waals surface area contributed by atoms with Gasteiger partial charge >= 0.3 is 0 Å². The molecule has 162 valence electrons. The Balaban J connectivity index is 1.59. The quantitative estimate of drug-likeness (QED) is 0.505. The van der Waals surface area contributed by atoms with Crippen LogP contribution in [0.3, 0.4) is 0 Å². The van der Waals surface area contributed by atoms with Crippen molar-refractivity contribution in [3.05, 3.63) is 69.9 Å². The van der Waals surface area contributed by atoms with Crippen LogP contribution in [-0.2, 0) is 11.2 Å². The third-order valence-electron chi connectivity index (χ3n) is 5.51. The lowest BCUT2D eigenvalue weighted by molar-refractivity contribution is -0.117. The van der Waals surface area contributed by atoms with Crippen molar-refractivity contribution < 1.29 is 14.3 Å². The monoisotopic (exact) mass is 454 g/mol. The number of nitrogens with zero attached hydrogens (tertiary/aromatic N) is 1. The van der Waals surface area contributed by atoms with Gasteiger partial charge in [0.25, 0.3) is 0 Å². The van der Waals surface area contributed by atoms with Crippen molar-refractivity contribution in [3.8, 4) is 11.5 Å². The van der Waals surface area contributed by atoms with E-state index in [9.17, 15) is 4.79 Å². The molecule has 0 spiro atoms. The number of hydrogen-bond acceptors (Lipinski definition) is 6. The number of nitrogens with one attached hydrogen (secondary N) is 1. The number of carbonyl (C=O) groups is 1. The molecule has 4 rings (SSSR count). The minimum atomic E-state index is -0.0117. The molecule has 2 aromatic carbocycles. The van der Waals surface area contributed by atoms with Gasteiger partial charge in [-0.3, -0.25) is 9.69 Å². The highest BCUT2D eigenvalue weighted by molar-refractivity contribution is 7.98. The van der Waals surface area contributed by atoms with Crippen molar-refractivity contribution in [2.75, 3.05) is 38.9 Å². The molecule has 0 radical (unpaired) electrons. The van der Waals surface area contributed by atoms with Gasteiger partial charge in [-0.15, -0.1) is 23.1 Å². The van der Waals surface area contributed by atoms with E-state index in [-0.39, 0.29) is 11.9 Å². The number of fused-ring (bicyclic) bond motifs is 1. The Morgan fingerprint density at radius 3 is 2.55 bits per heavy atom. The summed E-state index contributed by atoms with van der Waals surface area (Å²) >= 11 is 3.39. The van der Waals surface area contributed by atoms with E-state index >= 15 is 0 Å². The van der Waals surface area contributed by atoms with Gasteiger partial charge in [0.05, 0.1) is 26.8 Å². The Morgan fingerprint density at radius 2 is 1.90 bits per heavy atom. The predicted molar refractivity (Wildman–Crippen MR) is 128 cm³/mol. The second-order valence-corrected chi connectivity index (χ2v) is 9.18. The highest BCUT2D eigenvalue weighted by Crippen LogP contribution is 2.42. The van der Waals surface area contributed by atoms with Crippen molar-refractivity contribution in [2.24, 2.45) is 0 Å². The lowest BCUT2D eigenvalue weighted by atomic mass is 9.91. The van der Waals surface area contributed by atoms with Crippen molar-refractivity contribution in [1.29, 1.82) is 0 Å². The van der Waals surface area contributed by atoms with Gasteiger partial charge in [-0.25, -0.2) is 0 Å². The first-order valence-corrected chi connectivity index (χ1v) is 12.2. The van der Waals surface area contributed by atoms with Crippen molar-refractivity contribution in [1.82, 2.24) is 4.90 Å². The topological polar surface area (TPSA) is 50.8 Å². The van der Waals surface area contributed by atoms with E-state index in [1.54, 1.807) is 37.3 Å². The van der Waals surface area contributed by atoms with Crippen LogP contribution in [0.4, 0.5) is 5.69 Å². The molecule has 0 bridgehead atoms. The number of amides is 1. The molecule has 1 atom stereocenters. The molecular weight excluding hydrogens is 428 g/mol. The Morgan fingerprint density at radius 1 is 1.16 bits per heavy atom. The van der Waals surface area contributed by atoms with E-state index in [1.165, 1.54) is 20.9 Å². The van der Waals surface area contributed by atoms with Gasteiger partial charge in [0.2, 0.25) is 5.91 Å². The molecule has 0 aliphatic carbocycles. The van der Waals surface area contributed by atoms with Crippen molar-refractivity contribution in [2.45, 2.75) is 17.4 Å². The molecular formula is C24H26N2O3S2. The zero-order valence-electron chi connectivity index (χ0n) is 17.9. The molecule has 31 heavy (non-hydrogen) atoms. The summed E-state index contributed by atoms with van der Waals surface area (Å²) in [4.78, 5) is 17.5. The summed E-state index contributed by atoms with van der Waals surface area (Å²) in [6.45, 7) is 1.12. The first-order chi connectivity index (χ1) is 15.1. The standard InChI is InChI=1S/C24H26N2O3S2/c1-28-20-13-16-10-11-26(15-23(27)25-17-6-8-18(30-3)9-7-17)24(22-5-4-12-31-22)19(16)14-21(20)29-2/h4-9,12-14,24H,10-11,15H2,1-3H3,(H,25,27)/t24-/m0/s1. The highest BCUT2D eigenvalue weighted by Gasteiger charge is 2.32. The van der Waals surface area contributed by atoms with E-state index < -0.39 is 0 Å². The molecule has 1 amide bonds. The van der Waals surface area contributed by atoms with Gasteiger partial charge in [0.1, 0.15) is 0 Å². The number of methoxy groups -OCH3 is 2. The summed E-state index contributed by atoms with van der Waals surface area (Å²) in [6.07, 6.45) is 2.89. The van der Waals surface area contributed by atoms with Crippen LogP contribution in [0.2, 0.25) is 0 Å². The number of rotatable bonds is 7. The molecule has 0 fully saturated rings. The van der Waals surface area contributed by atoms with Crippen LogP contribution in [-0.4, -0.2) is 44.4 Å². The first kappa shape index (κ1) is 21.7. The fourth-order valence-corrected chi connectivity index (χ4v) is 5.29. The number of benzene rings is 2. The summed E-state index contributed by atoms with van der Waals surface area (Å²) in [5, 5.41) is 5.12. The second kappa shape index (κ2) is 9.77. The lowest BCUT2D eigenvalue weighted by Crippen LogP contribution is -2.40. The number of anilines is 1. The Labute approximate surface area is 191 Å². The zero-order chi connectivity index (χ0) is 21.8. The molecule has 3 aromatic rings. The van der Waals surface area contributed by atoms with Crippen LogP contribution in [0.5, 0.6) is 11.5 Å². The predicted octanol–water partition coefficient (Wildman–Crippen LogP) is 5.07. The largest absolute Gasteiger partial charge is 0.493 e. The molecule has 2 heterocycles. The van der Waals surface area contributed by atoms with Gasteiger partial charge in [-0.2, -0.15) is 0 Å². The van der Waals surface area contributed by atoms with Crippen LogP contribution in [0.15, 0.2) is 58.8 Å². The van der Waals surface area contributed by atoms with E-state index in [4.69, 9.17) is 9.47 Å². The lowest BCUT2D eigenvalue weighted by Gasteiger charge is -2.37. The summed E-state index contributed by atoms with van der Waals surface area (Å²) in [6, 6.07) is 16.3. The molecule has 1 aromatic heterocycles. The summed E-state index contributed by atoms with van der Waals surface area (Å²) < 4.78 is 11.1. The van der Waals surface area contributed by atoms with Crippen LogP contribution in [0.25, 0.3) is 0 Å². The smallest absolute Gasteiger partial charge is 0.238 e. The first-order valence-electron chi connectivity index (χ1n) is 10.1. The fourth-order valence-electron chi connectivity index (χ4n) is 4.01. The molecule has 0 saturated carbocycles. The number of carbonyl (C=O) groups excluding carboxylic acids is 1. The van der Waals surface area contributed by atoms with Crippen LogP contribution in [0, 0.1) is 0 Å². The van der Waals surface area contributed by atoms with Gasteiger partial charge in [-0.1, -0.05) is 6.07 Å². The third-order valence-corrected chi connectivity index (χ3v) is 7.17. The van der Waals surface area contributed by atoms with E-state index in [0.29, 0.717) is 12.3 Å². The third kappa shape index (κ3) is 4.74. The summed E-state index contributed by atoms with van der Waals surface area (Å²) in [5.41, 5.74) is 3.23. The minimum Gasteiger partial charge on any atom is -0.493 e. The van der Waals surface area contributed by atoms with E-state index in [0.717, 1.165) is 24.4 Å². The van der Waals surface area contributed by atoms with Crippen molar-refractivity contribution in [3.63, 3.8) is 0 Å². The maximum Gasteiger partial charge on any atom is 0.238 e. The van der Waals surface area contributed by atoms with Gasteiger partial charge in [0.15, 0.2) is 11.5 Å². The Hall–Kier alpha value is -2.48. The number of thioether (sulfide) groups is 1. The summed E-state index contributed by atoms with van der Waals surface area (Å²) in [5.74, 6) is 1.44. The Kier molecular flexibility index (Phi) is 6.85. The molecule has 5 nitrogen and oxygen atoms in total. The molecule has 1 N–H and O–H groups in total. The number of thiophene rings is 1. The number of hydrogen-bond donors (Lipinski definition) is 1. The second-order valence-electron chi connectivity index (χ2n) is 7.32. The molecule has 1 aliphatic rings. The Bertz CT molecular complexity index is 1040. The van der Waals surface area contributed by atoms with Crippen LogP contribution in [0.1, 0.15) is 22.0 Å². The maximum absolute atomic E-state index is 12.9. The molecule has 1 aliphatic heterocycles. The van der Waals surface area contributed by atoms with Crippen LogP contribution >= 0.6 is 23.1 Å². The maximum atomic E-state index is 12.9. The molecule has 0 saturated heterocycles. The zero-order valence-corrected chi connectivity index (χ0v) is 19.5.